The number of rotatable bonds is 0. The van der Waals surface area contributed by atoms with Crippen LogP contribution in [0.4, 0.5) is 4.79 Å². The number of nitrogens with zero attached hydrogens (tertiary/aromatic N) is 2. The minimum atomic E-state index is -0.447. The number of hydrazine groups is 1. The van der Waals surface area contributed by atoms with Crippen molar-refractivity contribution < 1.29 is 9.59 Å². The van der Waals surface area contributed by atoms with Gasteiger partial charge >= 0.3 is 6.03 Å². The molecule has 5 nitrogen and oxygen atoms in total. The van der Waals surface area contributed by atoms with Gasteiger partial charge in [0.05, 0.1) is 0 Å². The highest BCUT2D eigenvalue weighted by atomic mass is 16.2. The van der Waals surface area contributed by atoms with E-state index in [-0.39, 0.29) is 5.91 Å². The van der Waals surface area contributed by atoms with Crippen LogP contribution in [0.25, 0.3) is 0 Å². The summed E-state index contributed by atoms with van der Waals surface area (Å²) in [5, 5.41) is 0.630. The molecule has 0 aliphatic carbocycles. The summed E-state index contributed by atoms with van der Waals surface area (Å²) in [7, 11) is 1.54. The summed E-state index contributed by atoms with van der Waals surface area (Å²) < 4.78 is 0. The van der Waals surface area contributed by atoms with Crippen LogP contribution < -0.4 is 5.84 Å². The summed E-state index contributed by atoms with van der Waals surface area (Å²) in [6.45, 7) is 1.63. The van der Waals surface area contributed by atoms with Crippen molar-refractivity contribution in [1.82, 2.24) is 9.91 Å². The molecule has 0 spiro atoms. The van der Waals surface area contributed by atoms with Gasteiger partial charge in [-0.15, -0.1) is 0 Å². The molecule has 1 unspecified atom stereocenters. The third kappa shape index (κ3) is 0.672. The van der Waals surface area contributed by atoms with Gasteiger partial charge < -0.3 is 4.90 Å². The predicted molar refractivity (Wildman–Crippen MR) is 33.7 cm³/mol. The molecular formula is C5H9N3O2. The Balaban J connectivity index is 2.89. The second kappa shape index (κ2) is 1.95. The number of likely N-dealkylation sites (N-methyl/N-ethyl adjacent to an activating group) is 1. The van der Waals surface area contributed by atoms with Crippen molar-refractivity contribution in [2.75, 3.05) is 7.05 Å². The van der Waals surface area contributed by atoms with Gasteiger partial charge in [-0.2, -0.15) is 5.01 Å². The fourth-order valence-corrected chi connectivity index (χ4v) is 0.797. The number of hydrogen-bond acceptors (Lipinski definition) is 3. The van der Waals surface area contributed by atoms with E-state index in [9.17, 15) is 9.59 Å². The Morgan fingerprint density at radius 1 is 1.50 bits per heavy atom. The van der Waals surface area contributed by atoms with Gasteiger partial charge in [-0.05, 0) is 6.92 Å². The standard InChI is InChI=1S/C5H9N3O2/c1-3-4(9)8(6)5(10)7(3)2/h3H,6H2,1-2H3. The second-order valence-corrected chi connectivity index (χ2v) is 2.28. The Bertz CT molecular complexity index is 171. The summed E-state index contributed by atoms with van der Waals surface area (Å²) in [6.07, 6.45) is 0. The lowest BCUT2D eigenvalue weighted by Crippen LogP contribution is -2.37. The maximum Gasteiger partial charge on any atom is 0.341 e. The molecule has 56 valence electrons. The monoisotopic (exact) mass is 143 g/mol. The summed E-state index contributed by atoms with van der Waals surface area (Å²) >= 11 is 0. The van der Waals surface area contributed by atoms with Gasteiger partial charge in [0.1, 0.15) is 6.04 Å². The van der Waals surface area contributed by atoms with Gasteiger partial charge in [0.25, 0.3) is 5.91 Å². The molecule has 0 bridgehead atoms. The summed E-state index contributed by atoms with van der Waals surface area (Å²) in [4.78, 5) is 23.0. The van der Waals surface area contributed by atoms with E-state index in [1.807, 2.05) is 0 Å². The molecule has 2 N–H and O–H groups in total. The summed E-state index contributed by atoms with van der Waals surface area (Å²) in [5.74, 6) is 4.74. The molecule has 0 radical (unpaired) electrons. The van der Waals surface area contributed by atoms with Crippen LogP contribution in [0.1, 0.15) is 6.92 Å². The quantitative estimate of drug-likeness (QED) is 0.272. The molecule has 3 amide bonds. The van der Waals surface area contributed by atoms with Gasteiger partial charge in [-0.3, -0.25) is 4.79 Å². The molecule has 1 saturated heterocycles. The number of carbonyl (C=O) groups excluding carboxylic acids is 2. The molecule has 0 aromatic carbocycles. The lowest BCUT2D eigenvalue weighted by Gasteiger charge is -2.09. The lowest BCUT2D eigenvalue weighted by atomic mass is 10.3. The molecule has 1 heterocycles. The van der Waals surface area contributed by atoms with Crippen LogP contribution in [0.15, 0.2) is 0 Å². The number of imide groups is 1. The van der Waals surface area contributed by atoms with Crippen molar-refractivity contribution in [3.05, 3.63) is 0 Å². The highest BCUT2D eigenvalue weighted by molar-refractivity contribution is 6.03. The zero-order valence-electron chi connectivity index (χ0n) is 5.87. The zero-order chi connectivity index (χ0) is 7.89. The van der Waals surface area contributed by atoms with E-state index in [4.69, 9.17) is 5.84 Å². The molecule has 0 aromatic heterocycles. The number of urea groups is 1. The molecular weight excluding hydrogens is 134 g/mol. The lowest BCUT2D eigenvalue weighted by molar-refractivity contribution is -0.127. The van der Waals surface area contributed by atoms with Gasteiger partial charge in [-0.1, -0.05) is 0 Å². The van der Waals surface area contributed by atoms with E-state index >= 15 is 0 Å². The second-order valence-electron chi connectivity index (χ2n) is 2.28. The van der Waals surface area contributed by atoms with Crippen molar-refractivity contribution in [1.29, 1.82) is 0 Å². The predicted octanol–water partition coefficient (Wildman–Crippen LogP) is -0.857. The van der Waals surface area contributed by atoms with E-state index in [0.717, 1.165) is 0 Å². The molecule has 1 atom stereocenters. The number of carbonyl (C=O) groups is 2. The molecule has 1 aliphatic rings. The van der Waals surface area contributed by atoms with Crippen LogP contribution in [0.2, 0.25) is 0 Å². The summed E-state index contributed by atoms with van der Waals surface area (Å²) in [6, 6.07) is -0.866. The maximum atomic E-state index is 10.9. The fraction of sp³-hybridized carbons (Fsp3) is 0.600. The van der Waals surface area contributed by atoms with Crippen molar-refractivity contribution >= 4 is 11.9 Å². The first-order valence-electron chi connectivity index (χ1n) is 2.91. The molecule has 1 fully saturated rings. The van der Waals surface area contributed by atoms with Crippen LogP contribution in [-0.4, -0.2) is 34.9 Å². The largest absolute Gasteiger partial charge is 0.341 e. The molecule has 0 saturated carbocycles. The highest BCUT2D eigenvalue weighted by Gasteiger charge is 2.38. The first-order chi connectivity index (χ1) is 4.55. The van der Waals surface area contributed by atoms with Crippen LogP contribution in [0, 0.1) is 0 Å². The first-order valence-corrected chi connectivity index (χ1v) is 2.91. The maximum absolute atomic E-state index is 10.9. The normalized spacial score (nSPS) is 26.5. The Morgan fingerprint density at radius 3 is 2.10 bits per heavy atom. The Morgan fingerprint density at radius 2 is 2.00 bits per heavy atom. The van der Waals surface area contributed by atoms with Crippen molar-refractivity contribution in [2.45, 2.75) is 13.0 Å². The van der Waals surface area contributed by atoms with E-state index < -0.39 is 12.1 Å². The van der Waals surface area contributed by atoms with Crippen molar-refractivity contribution in [3.63, 3.8) is 0 Å². The topological polar surface area (TPSA) is 66.6 Å². The Kier molecular flexibility index (Phi) is 1.37. The highest BCUT2D eigenvalue weighted by Crippen LogP contribution is 2.10. The van der Waals surface area contributed by atoms with Gasteiger partial charge in [0.15, 0.2) is 0 Å². The third-order valence-corrected chi connectivity index (χ3v) is 1.68. The molecule has 5 heteroatoms. The number of amides is 3. The van der Waals surface area contributed by atoms with Crippen LogP contribution >= 0.6 is 0 Å². The average Bonchev–Trinajstić information content (AvgIpc) is 2.07. The Labute approximate surface area is 58.3 Å². The van der Waals surface area contributed by atoms with Crippen LogP contribution in [0.5, 0.6) is 0 Å². The van der Waals surface area contributed by atoms with Crippen LogP contribution in [-0.2, 0) is 4.79 Å². The van der Waals surface area contributed by atoms with Gasteiger partial charge in [-0.25, -0.2) is 10.6 Å². The van der Waals surface area contributed by atoms with Crippen molar-refractivity contribution in [3.8, 4) is 0 Å². The van der Waals surface area contributed by atoms with E-state index in [2.05, 4.69) is 0 Å². The number of hydrogen-bond donors (Lipinski definition) is 1. The average molecular weight is 143 g/mol. The molecule has 0 aromatic rings. The first kappa shape index (κ1) is 7.01. The Hall–Kier alpha value is -1.10. The minimum Gasteiger partial charge on any atom is -0.314 e. The minimum absolute atomic E-state index is 0.354. The van der Waals surface area contributed by atoms with E-state index in [1.165, 1.54) is 11.9 Å². The summed E-state index contributed by atoms with van der Waals surface area (Å²) in [5.41, 5.74) is 0. The molecule has 10 heavy (non-hydrogen) atoms. The van der Waals surface area contributed by atoms with E-state index in [1.54, 1.807) is 6.92 Å². The van der Waals surface area contributed by atoms with Crippen LogP contribution in [0.3, 0.4) is 0 Å². The van der Waals surface area contributed by atoms with E-state index in [0.29, 0.717) is 5.01 Å². The zero-order valence-corrected chi connectivity index (χ0v) is 5.87. The molecule has 1 aliphatic heterocycles. The van der Waals surface area contributed by atoms with Gasteiger partial charge in [0.2, 0.25) is 0 Å². The fourth-order valence-electron chi connectivity index (χ4n) is 0.797. The SMILES string of the molecule is CC1C(=O)N(N)C(=O)N1C. The molecule has 1 rings (SSSR count). The van der Waals surface area contributed by atoms with Gasteiger partial charge in [0, 0.05) is 7.05 Å². The third-order valence-electron chi connectivity index (χ3n) is 1.68. The number of nitrogens with two attached hydrogens (primary N) is 1. The van der Waals surface area contributed by atoms with Crippen molar-refractivity contribution in [2.24, 2.45) is 5.84 Å². The smallest absolute Gasteiger partial charge is 0.314 e.